The molecule has 0 saturated heterocycles. The van der Waals surface area contributed by atoms with Crippen LogP contribution in [-0.2, 0) is 0 Å². The lowest BCUT2D eigenvalue weighted by Crippen LogP contribution is -2.13. The Balaban J connectivity index is 3.19. The summed E-state index contributed by atoms with van der Waals surface area (Å²) < 4.78 is 13.2. The third-order valence-corrected chi connectivity index (χ3v) is 2.27. The summed E-state index contributed by atoms with van der Waals surface area (Å²) in [4.78, 5) is 0. The monoisotopic (exact) mass is 215 g/mol. The van der Waals surface area contributed by atoms with E-state index in [4.69, 9.17) is 10.8 Å². The average molecular weight is 215 g/mol. The molecule has 0 aliphatic rings. The summed E-state index contributed by atoms with van der Waals surface area (Å²) in [6.07, 6.45) is 0.219. The predicted octanol–water partition coefficient (Wildman–Crippen LogP) is 0.928. The van der Waals surface area contributed by atoms with Crippen LogP contribution in [0.4, 0.5) is 4.39 Å². The van der Waals surface area contributed by atoms with Gasteiger partial charge in [0.1, 0.15) is 0 Å². The van der Waals surface area contributed by atoms with Crippen molar-refractivity contribution in [3.05, 3.63) is 23.0 Å². The van der Waals surface area contributed by atoms with Crippen LogP contribution < -0.4 is 5.73 Å². The molecule has 1 rings (SSSR count). The number of phenolic OH excluding ortho intramolecular Hbond substituents is 2. The van der Waals surface area contributed by atoms with Gasteiger partial charge < -0.3 is 21.1 Å². The minimum absolute atomic E-state index is 0.151. The molecule has 0 spiro atoms. The van der Waals surface area contributed by atoms with E-state index >= 15 is 0 Å². The molecule has 0 aliphatic heterocycles. The van der Waals surface area contributed by atoms with Crippen molar-refractivity contribution in [2.75, 3.05) is 6.61 Å². The van der Waals surface area contributed by atoms with Crippen LogP contribution in [0.5, 0.6) is 11.5 Å². The lowest BCUT2D eigenvalue weighted by molar-refractivity contribution is 0.274. The summed E-state index contributed by atoms with van der Waals surface area (Å²) >= 11 is 0. The molecule has 0 radical (unpaired) electrons. The molecule has 0 fully saturated rings. The number of aliphatic hydroxyl groups is 1. The molecule has 4 nitrogen and oxygen atoms in total. The van der Waals surface area contributed by atoms with Gasteiger partial charge >= 0.3 is 0 Å². The first kappa shape index (κ1) is 11.7. The van der Waals surface area contributed by atoms with Crippen molar-refractivity contribution >= 4 is 0 Å². The molecule has 1 aromatic rings. The van der Waals surface area contributed by atoms with Crippen LogP contribution in [0.2, 0.25) is 0 Å². The molecule has 0 bridgehead atoms. The molecule has 5 N–H and O–H groups in total. The fraction of sp³-hybridized carbons (Fsp3) is 0.400. The molecule has 0 heterocycles. The van der Waals surface area contributed by atoms with Crippen LogP contribution in [0.3, 0.4) is 0 Å². The molecule has 1 aromatic carbocycles. The zero-order valence-corrected chi connectivity index (χ0v) is 8.37. The number of aliphatic hydroxyl groups excluding tert-OH is 1. The maximum Gasteiger partial charge on any atom is 0.206 e. The number of hydrogen-bond donors (Lipinski definition) is 4. The number of hydrogen-bond acceptors (Lipinski definition) is 4. The van der Waals surface area contributed by atoms with Crippen molar-refractivity contribution in [1.82, 2.24) is 0 Å². The van der Waals surface area contributed by atoms with E-state index < -0.39 is 23.4 Å². The second-order valence-corrected chi connectivity index (χ2v) is 3.41. The van der Waals surface area contributed by atoms with E-state index in [9.17, 15) is 14.6 Å². The fourth-order valence-electron chi connectivity index (χ4n) is 1.36. The van der Waals surface area contributed by atoms with E-state index in [2.05, 4.69) is 0 Å². The van der Waals surface area contributed by atoms with Crippen molar-refractivity contribution < 1.29 is 19.7 Å². The van der Waals surface area contributed by atoms with Gasteiger partial charge in [0.2, 0.25) is 5.82 Å². The molecule has 0 aliphatic carbocycles. The number of nitrogens with two attached hydrogens (primary N) is 1. The first-order chi connectivity index (χ1) is 6.99. The van der Waals surface area contributed by atoms with Crippen molar-refractivity contribution in [2.24, 2.45) is 5.73 Å². The number of benzene rings is 1. The summed E-state index contributed by atoms with van der Waals surface area (Å²) in [6, 6.07) is 0.762. The van der Waals surface area contributed by atoms with Crippen LogP contribution in [0, 0.1) is 12.7 Å². The summed E-state index contributed by atoms with van der Waals surface area (Å²) in [5.74, 6) is -2.30. The summed E-state index contributed by atoms with van der Waals surface area (Å²) in [5.41, 5.74) is 6.12. The maximum absolute atomic E-state index is 13.2. The number of phenols is 2. The van der Waals surface area contributed by atoms with Gasteiger partial charge in [-0.05, 0) is 25.0 Å². The Bertz CT molecular complexity index is 368. The Hall–Kier alpha value is -1.33. The lowest BCUT2D eigenvalue weighted by Gasteiger charge is -2.14. The maximum atomic E-state index is 13.2. The van der Waals surface area contributed by atoms with Crippen LogP contribution in [0.1, 0.15) is 23.6 Å². The molecular formula is C10H14FNO3. The van der Waals surface area contributed by atoms with Gasteiger partial charge in [-0.2, -0.15) is 4.39 Å². The first-order valence-corrected chi connectivity index (χ1v) is 4.56. The molecule has 5 heteroatoms. The molecular weight excluding hydrogens is 201 g/mol. The number of aromatic hydroxyl groups is 2. The quantitative estimate of drug-likeness (QED) is 0.604. The third kappa shape index (κ3) is 2.19. The van der Waals surface area contributed by atoms with Crippen LogP contribution >= 0.6 is 0 Å². The van der Waals surface area contributed by atoms with Gasteiger partial charge in [-0.1, -0.05) is 0 Å². The zero-order chi connectivity index (χ0) is 11.6. The third-order valence-electron chi connectivity index (χ3n) is 2.27. The van der Waals surface area contributed by atoms with Gasteiger partial charge in [-0.15, -0.1) is 0 Å². The normalized spacial score (nSPS) is 12.8. The Labute approximate surface area is 86.8 Å². The molecule has 1 unspecified atom stereocenters. The predicted molar refractivity (Wildman–Crippen MR) is 53.1 cm³/mol. The van der Waals surface area contributed by atoms with Gasteiger partial charge in [0, 0.05) is 18.2 Å². The largest absolute Gasteiger partial charge is 0.505 e. The van der Waals surface area contributed by atoms with Gasteiger partial charge in [0.15, 0.2) is 11.5 Å². The minimum Gasteiger partial charge on any atom is -0.505 e. The van der Waals surface area contributed by atoms with Crippen molar-refractivity contribution in [3.63, 3.8) is 0 Å². The lowest BCUT2D eigenvalue weighted by atomic mass is 10.0. The highest BCUT2D eigenvalue weighted by molar-refractivity contribution is 5.47. The average Bonchev–Trinajstić information content (AvgIpc) is 2.20. The molecule has 0 amide bonds. The van der Waals surface area contributed by atoms with E-state index in [1.165, 1.54) is 13.0 Å². The van der Waals surface area contributed by atoms with E-state index in [-0.39, 0.29) is 18.6 Å². The molecule has 84 valence electrons. The van der Waals surface area contributed by atoms with Gasteiger partial charge in [0.05, 0.1) is 0 Å². The Kier molecular flexibility index (Phi) is 3.49. The molecule has 0 aromatic heterocycles. The zero-order valence-electron chi connectivity index (χ0n) is 8.37. The van der Waals surface area contributed by atoms with E-state index in [1.54, 1.807) is 0 Å². The van der Waals surface area contributed by atoms with Gasteiger partial charge in [-0.25, -0.2) is 0 Å². The number of aryl methyl sites for hydroxylation is 1. The molecule has 0 saturated carbocycles. The second-order valence-electron chi connectivity index (χ2n) is 3.41. The SMILES string of the molecule is Cc1cc(C(N)CCO)c(O)c(F)c1O. The highest BCUT2D eigenvalue weighted by Gasteiger charge is 2.18. The number of halogens is 1. The minimum atomic E-state index is -1.07. The van der Waals surface area contributed by atoms with E-state index in [1.807, 2.05) is 0 Å². The standard InChI is InChI=1S/C10H14FNO3/c1-5-4-6(7(12)2-3-13)10(15)8(11)9(5)14/h4,7,13-15H,2-3,12H2,1H3. The highest BCUT2D eigenvalue weighted by Crippen LogP contribution is 2.35. The topological polar surface area (TPSA) is 86.7 Å². The van der Waals surface area contributed by atoms with Crippen LogP contribution in [0.25, 0.3) is 0 Å². The van der Waals surface area contributed by atoms with E-state index in [0.717, 1.165) is 0 Å². The number of rotatable bonds is 3. The van der Waals surface area contributed by atoms with Crippen LogP contribution in [-0.4, -0.2) is 21.9 Å². The highest BCUT2D eigenvalue weighted by atomic mass is 19.1. The first-order valence-electron chi connectivity index (χ1n) is 4.56. The Morgan fingerprint density at radius 1 is 1.40 bits per heavy atom. The van der Waals surface area contributed by atoms with Crippen molar-refractivity contribution in [3.8, 4) is 11.5 Å². The smallest absolute Gasteiger partial charge is 0.206 e. The van der Waals surface area contributed by atoms with Crippen molar-refractivity contribution in [1.29, 1.82) is 0 Å². The van der Waals surface area contributed by atoms with Gasteiger partial charge in [0.25, 0.3) is 0 Å². The van der Waals surface area contributed by atoms with E-state index in [0.29, 0.717) is 5.56 Å². The Morgan fingerprint density at radius 3 is 2.53 bits per heavy atom. The Morgan fingerprint density at radius 2 is 2.00 bits per heavy atom. The summed E-state index contributed by atoms with van der Waals surface area (Å²) in [5, 5.41) is 27.3. The summed E-state index contributed by atoms with van der Waals surface area (Å²) in [7, 11) is 0. The van der Waals surface area contributed by atoms with Crippen LogP contribution in [0.15, 0.2) is 6.07 Å². The second kappa shape index (κ2) is 4.46. The van der Waals surface area contributed by atoms with Crippen molar-refractivity contribution in [2.45, 2.75) is 19.4 Å². The molecule has 15 heavy (non-hydrogen) atoms. The molecule has 1 atom stereocenters. The van der Waals surface area contributed by atoms with Gasteiger partial charge in [-0.3, -0.25) is 0 Å². The fourth-order valence-corrected chi connectivity index (χ4v) is 1.36. The summed E-state index contributed by atoms with van der Waals surface area (Å²) in [6.45, 7) is 1.36.